The molecule has 0 aliphatic heterocycles. The van der Waals surface area contributed by atoms with Gasteiger partial charge in [0.15, 0.2) is 0 Å². The molecule has 0 aromatic heterocycles. The minimum Gasteiger partial charge on any atom is -0.377 e. The number of hydrogen-bond acceptors (Lipinski definition) is 2. The molecule has 1 aromatic rings. The molecule has 0 atom stereocenters. The minimum atomic E-state index is 0.790. The first kappa shape index (κ1) is 12.3. The van der Waals surface area contributed by atoms with Gasteiger partial charge in [0.2, 0.25) is 0 Å². The molecule has 0 amide bonds. The summed E-state index contributed by atoms with van der Waals surface area (Å²) in [7, 11) is 4.07. The van der Waals surface area contributed by atoms with E-state index in [0.717, 1.165) is 24.5 Å². The lowest BCUT2D eigenvalue weighted by atomic mass is 10.1. The molecule has 0 spiro atoms. The lowest BCUT2D eigenvalue weighted by Gasteiger charge is -2.18. The van der Waals surface area contributed by atoms with E-state index >= 15 is 0 Å². The Labute approximate surface area is 97.2 Å². The smallest absolute Gasteiger partial charge is 0.0426 e. The van der Waals surface area contributed by atoms with Gasteiger partial charge in [-0.05, 0) is 30.7 Å². The van der Waals surface area contributed by atoms with Gasteiger partial charge in [-0.2, -0.15) is 0 Å². The first-order valence-corrected chi connectivity index (χ1v) is 5.69. The second-order valence-corrected chi connectivity index (χ2v) is 4.28. The average Bonchev–Trinajstić information content (AvgIpc) is 2.20. The van der Waals surface area contributed by atoms with E-state index in [1.54, 1.807) is 0 Å². The summed E-state index contributed by atoms with van der Waals surface area (Å²) in [6, 6.07) is 6.03. The van der Waals surface area contributed by atoms with Crippen molar-refractivity contribution in [2.75, 3.05) is 25.5 Å². The highest BCUT2D eigenvalue weighted by molar-refractivity contribution is 6.30. The first-order valence-electron chi connectivity index (χ1n) is 5.31. The second-order valence-electron chi connectivity index (χ2n) is 3.84. The fraction of sp³-hybridized carbons (Fsp3) is 0.500. The standard InChI is InChI=1S/C12H19ClN2/c1-4-7-14-9-10-5-6-11(13)8-12(10)15(2)3/h5-6,8,14H,4,7,9H2,1-3H3. The van der Waals surface area contributed by atoms with Crippen LogP contribution in [0.15, 0.2) is 18.2 Å². The predicted molar refractivity (Wildman–Crippen MR) is 67.8 cm³/mol. The van der Waals surface area contributed by atoms with Crippen LogP contribution in [0.1, 0.15) is 18.9 Å². The van der Waals surface area contributed by atoms with Crippen molar-refractivity contribution in [2.24, 2.45) is 0 Å². The summed E-state index contributed by atoms with van der Waals surface area (Å²) in [5, 5.41) is 4.19. The van der Waals surface area contributed by atoms with E-state index in [0.29, 0.717) is 0 Å². The van der Waals surface area contributed by atoms with Crippen LogP contribution in [0, 0.1) is 0 Å². The summed E-state index contributed by atoms with van der Waals surface area (Å²) in [6.45, 7) is 4.12. The Morgan fingerprint density at radius 2 is 2.07 bits per heavy atom. The van der Waals surface area contributed by atoms with Crippen LogP contribution in [-0.4, -0.2) is 20.6 Å². The molecule has 2 nitrogen and oxygen atoms in total. The van der Waals surface area contributed by atoms with E-state index in [1.807, 2.05) is 26.2 Å². The molecule has 0 fully saturated rings. The van der Waals surface area contributed by atoms with Crippen LogP contribution in [0.25, 0.3) is 0 Å². The summed E-state index contributed by atoms with van der Waals surface area (Å²) in [5.41, 5.74) is 2.48. The SMILES string of the molecule is CCCNCc1ccc(Cl)cc1N(C)C. The Kier molecular flexibility index (Phi) is 4.92. The zero-order chi connectivity index (χ0) is 11.3. The van der Waals surface area contributed by atoms with Gasteiger partial charge in [0.25, 0.3) is 0 Å². The van der Waals surface area contributed by atoms with Crippen molar-refractivity contribution in [2.45, 2.75) is 19.9 Å². The van der Waals surface area contributed by atoms with Gasteiger partial charge in [-0.15, -0.1) is 0 Å². The second kappa shape index (κ2) is 5.99. The summed E-state index contributed by atoms with van der Waals surface area (Å²) in [5.74, 6) is 0. The molecule has 0 bridgehead atoms. The molecule has 0 heterocycles. The number of halogens is 1. The molecule has 0 aliphatic carbocycles. The van der Waals surface area contributed by atoms with E-state index < -0.39 is 0 Å². The summed E-state index contributed by atoms with van der Waals surface area (Å²) < 4.78 is 0. The van der Waals surface area contributed by atoms with Crippen LogP contribution in [0.5, 0.6) is 0 Å². The summed E-state index contributed by atoms with van der Waals surface area (Å²) in [4.78, 5) is 2.09. The molecule has 1 N–H and O–H groups in total. The van der Waals surface area contributed by atoms with Crippen molar-refractivity contribution < 1.29 is 0 Å². The maximum absolute atomic E-state index is 5.98. The van der Waals surface area contributed by atoms with Crippen LogP contribution in [-0.2, 0) is 6.54 Å². The van der Waals surface area contributed by atoms with E-state index in [1.165, 1.54) is 11.3 Å². The first-order chi connectivity index (χ1) is 7.15. The molecule has 3 heteroatoms. The fourth-order valence-electron chi connectivity index (χ4n) is 1.50. The quantitative estimate of drug-likeness (QED) is 0.777. The molecule has 15 heavy (non-hydrogen) atoms. The third-order valence-electron chi connectivity index (χ3n) is 2.27. The van der Waals surface area contributed by atoms with Gasteiger partial charge in [0.1, 0.15) is 0 Å². The highest BCUT2D eigenvalue weighted by Gasteiger charge is 2.04. The monoisotopic (exact) mass is 226 g/mol. The zero-order valence-corrected chi connectivity index (χ0v) is 10.4. The van der Waals surface area contributed by atoms with Crippen LogP contribution < -0.4 is 10.2 Å². The van der Waals surface area contributed by atoms with Gasteiger partial charge in [-0.3, -0.25) is 0 Å². The van der Waals surface area contributed by atoms with Crippen molar-refractivity contribution in [3.05, 3.63) is 28.8 Å². The van der Waals surface area contributed by atoms with Crippen molar-refractivity contribution in [3.8, 4) is 0 Å². The fourth-order valence-corrected chi connectivity index (χ4v) is 1.67. The van der Waals surface area contributed by atoms with Crippen molar-refractivity contribution in [1.82, 2.24) is 5.32 Å². The zero-order valence-electron chi connectivity index (χ0n) is 9.68. The van der Waals surface area contributed by atoms with Crippen LogP contribution >= 0.6 is 11.6 Å². The molecule has 1 rings (SSSR count). The van der Waals surface area contributed by atoms with E-state index in [9.17, 15) is 0 Å². The topological polar surface area (TPSA) is 15.3 Å². The van der Waals surface area contributed by atoms with Gasteiger partial charge in [0, 0.05) is 31.4 Å². The summed E-state index contributed by atoms with van der Waals surface area (Å²) >= 11 is 5.98. The van der Waals surface area contributed by atoms with Crippen LogP contribution in [0.4, 0.5) is 5.69 Å². The highest BCUT2D eigenvalue weighted by atomic mass is 35.5. The van der Waals surface area contributed by atoms with Gasteiger partial charge < -0.3 is 10.2 Å². The third kappa shape index (κ3) is 3.73. The summed E-state index contributed by atoms with van der Waals surface area (Å²) in [6.07, 6.45) is 1.16. The lowest BCUT2D eigenvalue weighted by Crippen LogP contribution is -2.18. The van der Waals surface area contributed by atoms with Crippen molar-refractivity contribution >= 4 is 17.3 Å². The Morgan fingerprint density at radius 1 is 1.33 bits per heavy atom. The lowest BCUT2D eigenvalue weighted by molar-refractivity contribution is 0.675. The minimum absolute atomic E-state index is 0.790. The molecular weight excluding hydrogens is 208 g/mol. The van der Waals surface area contributed by atoms with Crippen molar-refractivity contribution in [3.63, 3.8) is 0 Å². The highest BCUT2D eigenvalue weighted by Crippen LogP contribution is 2.23. The van der Waals surface area contributed by atoms with Crippen LogP contribution in [0.2, 0.25) is 5.02 Å². The van der Waals surface area contributed by atoms with Crippen molar-refractivity contribution in [1.29, 1.82) is 0 Å². The maximum Gasteiger partial charge on any atom is 0.0426 e. The van der Waals surface area contributed by atoms with Gasteiger partial charge in [-0.1, -0.05) is 24.6 Å². The third-order valence-corrected chi connectivity index (χ3v) is 2.51. The number of nitrogens with zero attached hydrogens (tertiary/aromatic N) is 1. The Bertz CT molecular complexity index is 310. The normalized spacial score (nSPS) is 10.4. The van der Waals surface area contributed by atoms with Gasteiger partial charge in [0.05, 0.1) is 0 Å². The molecule has 0 unspecified atom stereocenters. The van der Waals surface area contributed by atoms with E-state index in [-0.39, 0.29) is 0 Å². The molecule has 0 aliphatic rings. The van der Waals surface area contributed by atoms with Crippen LogP contribution in [0.3, 0.4) is 0 Å². The van der Waals surface area contributed by atoms with Gasteiger partial charge >= 0.3 is 0 Å². The number of rotatable bonds is 5. The van der Waals surface area contributed by atoms with Gasteiger partial charge in [-0.25, -0.2) is 0 Å². The number of anilines is 1. The maximum atomic E-state index is 5.98. The average molecular weight is 227 g/mol. The molecular formula is C12H19ClN2. The Hall–Kier alpha value is -0.730. The Morgan fingerprint density at radius 3 is 2.67 bits per heavy atom. The molecule has 0 saturated heterocycles. The largest absolute Gasteiger partial charge is 0.377 e. The predicted octanol–water partition coefficient (Wildman–Crippen LogP) is 2.91. The number of hydrogen-bond donors (Lipinski definition) is 1. The molecule has 1 aromatic carbocycles. The molecule has 84 valence electrons. The van der Waals surface area contributed by atoms with E-state index in [2.05, 4.69) is 23.2 Å². The number of benzene rings is 1. The molecule has 0 radical (unpaired) electrons. The Balaban J connectivity index is 2.77. The number of nitrogens with one attached hydrogen (secondary N) is 1. The van der Waals surface area contributed by atoms with E-state index in [4.69, 9.17) is 11.6 Å². The molecule has 0 saturated carbocycles.